The van der Waals surface area contributed by atoms with E-state index in [0.29, 0.717) is 6.92 Å². The molecule has 0 bridgehead atoms. The van der Waals surface area contributed by atoms with Gasteiger partial charge in [0.25, 0.3) is 5.92 Å². The SMILES string of the molecule is CC(=O)Oc1cc(C(C)(F)F)ccc1C(=O)O. The molecule has 0 spiro atoms. The molecule has 1 rings (SSSR count). The highest BCUT2D eigenvalue weighted by Gasteiger charge is 2.26. The van der Waals surface area contributed by atoms with Gasteiger partial charge in [0.1, 0.15) is 11.3 Å². The zero-order valence-electron chi connectivity index (χ0n) is 9.16. The maximum Gasteiger partial charge on any atom is 0.339 e. The van der Waals surface area contributed by atoms with Gasteiger partial charge in [-0.1, -0.05) is 6.07 Å². The van der Waals surface area contributed by atoms with Crippen LogP contribution in [-0.4, -0.2) is 17.0 Å². The Hall–Kier alpha value is -1.98. The number of aromatic carboxylic acids is 1. The van der Waals surface area contributed by atoms with Crippen LogP contribution in [0.3, 0.4) is 0 Å². The van der Waals surface area contributed by atoms with Gasteiger partial charge < -0.3 is 9.84 Å². The molecule has 0 aliphatic carbocycles. The van der Waals surface area contributed by atoms with E-state index in [2.05, 4.69) is 4.74 Å². The van der Waals surface area contributed by atoms with Gasteiger partial charge in [0.15, 0.2) is 0 Å². The first-order valence-corrected chi connectivity index (χ1v) is 4.66. The van der Waals surface area contributed by atoms with E-state index in [0.717, 1.165) is 25.1 Å². The van der Waals surface area contributed by atoms with Crippen molar-refractivity contribution in [3.8, 4) is 5.75 Å². The average Bonchev–Trinajstić information content (AvgIpc) is 2.14. The van der Waals surface area contributed by atoms with Crippen molar-refractivity contribution in [2.75, 3.05) is 0 Å². The number of benzene rings is 1. The molecule has 0 unspecified atom stereocenters. The van der Waals surface area contributed by atoms with Gasteiger partial charge in [-0.05, 0) is 12.1 Å². The molecule has 0 heterocycles. The van der Waals surface area contributed by atoms with Crippen molar-refractivity contribution in [3.63, 3.8) is 0 Å². The quantitative estimate of drug-likeness (QED) is 0.655. The van der Waals surface area contributed by atoms with E-state index in [1.807, 2.05) is 0 Å². The Morgan fingerprint density at radius 3 is 2.35 bits per heavy atom. The summed E-state index contributed by atoms with van der Waals surface area (Å²) in [6.45, 7) is 1.72. The lowest BCUT2D eigenvalue weighted by molar-refractivity contribution is -0.131. The summed E-state index contributed by atoms with van der Waals surface area (Å²) in [6, 6.07) is 2.81. The highest BCUT2D eigenvalue weighted by molar-refractivity contribution is 5.92. The van der Waals surface area contributed by atoms with E-state index in [9.17, 15) is 18.4 Å². The second-order valence-corrected chi connectivity index (χ2v) is 3.50. The number of rotatable bonds is 3. The van der Waals surface area contributed by atoms with Crippen LogP contribution in [0, 0.1) is 0 Å². The predicted molar refractivity (Wildman–Crippen MR) is 54.3 cm³/mol. The standard InChI is InChI=1S/C11H10F2O4/c1-6(14)17-9-5-7(11(2,12)13)3-4-8(9)10(15)16/h3-5H,1-2H3,(H,15,16). The lowest BCUT2D eigenvalue weighted by Crippen LogP contribution is -2.11. The second kappa shape index (κ2) is 4.48. The minimum atomic E-state index is -3.13. The van der Waals surface area contributed by atoms with Crippen LogP contribution in [0.15, 0.2) is 18.2 Å². The van der Waals surface area contributed by atoms with Crippen LogP contribution in [-0.2, 0) is 10.7 Å². The van der Waals surface area contributed by atoms with Gasteiger partial charge in [-0.15, -0.1) is 0 Å². The minimum absolute atomic E-state index is 0.340. The number of carbonyl (C=O) groups is 2. The van der Waals surface area contributed by atoms with Crippen LogP contribution in [0.4, 0.5) is 8.78 Å². The fraction of sp³-hybridized carbons (Fsp3) is 0.273. The number of carbonyl (C=O) groups excluding carboxylic acids is 1. The minimum Gasteiger partial charge on any atom is -0.478 e. The number of carboxylic acid groups (broad SMARTS) is 1. The summed E-state index contributed by atoms with van der Waals surface area (Å²) in [7, 11) is 0. The maximum atomic E-state index is 13.0. The number of hydrogen-bond acceptors (Lipinski definition) is 3. The van der Waals surface area contributed by atoms with Gasteiger partial charge in [0.2, 0.25) is 0 Å². The van der Waals surface area contributed by atoms with Crippen LogP contribution >= 0.6 is 0 Å². The summed E-state index contributed by atoms with van der Waals surface area (Å²) < 4.78 is 30.6. The second-order valence-electron chi connectivity index (χ2n) is 3.50. The number of halogens is 2. The molecular formula is C11H10F2O4. The maximum absolute atomic E-state index is 13.0. The third kappa shape index (κ3) is 3.24. The molecule has 0 saturated carbocycles. The summed E-state index contributed by atoms with van der Waals surface area (Å²) in [5.74, 6) is -5.65. The summed E-state index contributed by atoms with van der Waals surface area (Å²) in [4.78, 5) is 21.5. The van der Waals surface area contributed by atoms with E-state index in [-0.39, 0.29) is 11.3 Å². The molecule has 0 aromatic heterocycles. The molecule has 6 heteroatoms. The zero-order valence-corrected chi connectivity index (χ0v) is 9.16. The van der Waals surface area contributed by atoms with Crippen molar-refractivity contribution >= 4 is 11.9 Å². The first-order valence-electron chi connectivity index (χ1n) is 4.66. The van der Waals surface area contributed by atoms with Crippen molar-refractivity contribution < 1.29 is 28.2 Å². The van der Waals surface area contributed by atoms with Gasteiger partial charge in [0.05, 0.1) is 0 Å². The zero-order chi connectivity index (χ0) is 13.2. The van der Waals surface area contributed by atoms with Crippen LogP contribution in [0.5, 0.6) is 5.75 Å². The van der Waals surface area contributed by atoms with E-state index in [4.69, 9.17) is 5.11 Å². The van der Waals surface area contributed by atoms with E-state index >= 15 is 0 Å². The molecule has 0 aliphatic rings. The molecule has 0 amide bonds. The fourth-order valence-corrected chi connectivity index (χ4v) is 1.21. The Morgan fingerprint density at radius 1 is 1.35 bits per heavy atom. The van der Waals surface area contributed by atoms with Crippen molar-refractivity contribution in [2.45, 2.75) is 19.8 Å². The van der Waals surface area contributed by atoms with Crippen molar-refractivity contribution in [3.05, 3.63) is 29.3 Å². The average molecular weight is 244 g/mol. The van der Waals surface area contributed by atoms with Crippen LogP contribution in [0.1, 0.15) is 29.8 Å². The molecule has 1 aromatic carbocycles. The van der Waals surface area contributed by atoms with Gasteiger partial charge in [-0.25, -0.2) is 13.6 Å². The number of hydrogen-bond donors (Lipinski definition) is 1. The lowest BCUT2D eigenvalue weighted by Gasteiger charge is -2.13. The Morgan fingerprint density at radius 2 is 1.94 bits per heavy atom. The first kappa shape index (κ1) is 13.1. The van der Waals surface area contributed by atoms with E-state index < -0.39 is 23.4 Å². The summed E-state index contributed by atoms with van der Waals surface area (Å²) in [6.07, 6.45) is 0. The van der Waals surface area contributed by atoms with Gasteiger partial charge in [0, 0.05) is 19.4 Å². The smallest absolute Gasteiger partial charge is 0.339 e. The molecule has 0 radical (unpaired) electrons. The highest BCUT2D eigenvalue weighted by Crippen LogP contribution is 2.31. The van der Waals surface area contributed by atoms with E-state index in [1.165, 1.54) is 0 Å². The Bertz CT molecular complexity index is 463. The number of ether oxygens (including phenoxy) is 1. The molecule has 1 N–H and O–H groups in total. The van der Waals surface area contributed by atoms with Gasteiger partial charge in [-0.2, -0.15) is 0 Å². The summed E-state index contributed by atoms with van der Waals surface area (Å²) in [5.41, 5.74) is -0.757. The topological polar surface area (TPSA) is 63.6 Å². The van der Waals surface area contributed by atoms with Crippen LogP contribution in [0.2, 0.25) is 0 Å². The Kier molecular flexibility index (Phi) is 3.45. The molecule has 0 aliphatic heterocycles. The van der Waals surface area contributed by atoms with Crippen molar-refractivity contribution in [1.29, 1.82) is 0 Å². The molecular weight excluding hydrogens is 234 g/mol. The lowest BCUT2D eigenvalue weighted by atomic mass is 10.1. The molecule has 1 aromatic rings. The molecule has 0 saturated heterocycles. The summed E-state index contributed by atoms with van der Waals surface area (Å²) in [5, 5.41) is 8.79. The number of alkyl halides is 2. The van der Waals surface area contributed by atoms with Crippen molar-refractivity contribution in [1.82, 2.24) is 0 Å². The largest absolute Gasteiger partial charge is 0.478 e. The summed E-state index contributed by atoms with van der Waals surface area (Å²) >= 11 is 0. The predicted octanol–water partition coefficient (Wildman–Crippen LogP) is 2.42. The van der Waals surface area contributed by atoms with Crippen molar-refractivity contribution in [2.24, 2.45) is 0 Å². The van der Waals surface area contributed by atoms with E-state index in [1.54, 1.807) is 0 Å². The van der Waals surface area contributed by atoms with Crippen LogP contribution < -0.4 is 4.74 Å². The number of carboxylic acids is 1. The molecule has 0 fully saturated rings. The highest BCUT2D eigenvalue weighted by atomic mass is 19.3. The van der Waals surface area contributed by atoms with Crippen LogP contribution in [0.25, 0.3) is 0 Å². The Balaban J connectivity index is 3.29. The third-order valence-corrected chi connectivity index (χ3v) is 1.97. The first-order chi connectivity index (χ1) is 7.71. The third-order valence-electron chi connectivity index (χ3n) is 1.97. The fourth-order valence-electron chi connectivity index (χ4n) is 1.21. The van der Waals surface area contributed by atoms with Gasteiger partial charge >= 0.3 is 11.9 Å². The van der Waals surface area contributed by atoms with Gasteiger partial charge in [-0.3, -0.25) is 4.79 Å². The molecule has 0 atom stereocenters. The molecule has 92 valence electrons. The monoisotopic (exact) mass is 244 g/mol. The normalized spacial score (nSPS) is 11.1. The number of esters is 1. The molecule has 17 heavy (non-hydrogen) atoms. The Labute approximate surface area is 95.8 Å². The molecule has 4 nitrogen and oxygen atoms in total.